The molecular weight excluding hydrogens is 280 g/mol. The van der Waals surface area contributed by atoms with Gasteiger partial charge in [0, 0.05) is 37.8 Å². The summed E-state index contributed by atoms with van der Waals surface area (Å²) in [4.78, 5) is 2.24. The molecule has 5 nitrogen and oxygen atoms in total. The van der Waals surface area contributed by atoms with Crippen LogP contribution in [0.15, 0.2) is 18.2 Å². The van der Waals surface area contributed by atoms with Gasteiger partial charge in [0.1, 0.15) is 11.5 Å². The largest absolute Gasteiger partial charge is 0.508 e. The lowest BCUT2D eigenvalue weighted by Crippen LogP contribution is -2.49. The Bertz CT molecular complexity index is 473. The fourth-order valence-corrected chi connectivity index (χ4v) is 2.67. The predicted molar refractivity (Wildman–Crippen MR) is 87.3 cm³/mol. The Morgan fingerprint density at radius 2 is 1.91 bits per heavy atom. The molecule has 22 heavy (non-hydrogen) atoms. The number of rotatable bonds is 6. The van der Waals surface area contributed by atoms with Crippen LogP contribution in [-0.2, 0) is 0 Å². The van der Waals surface area contributed by atoms with Crippen molar-refractivity contribution >= 4 is 0 Å². The summed E-state index contributed by atoms with van der Waals surface area (Å²) in [6.45, 7) is 10.5. The van der Waals surface area contributed by atoms with Crippen LogP contribution in [-0.4, -0.2) is 53.9 Å². The van der Waals surface area contributed by atoms with Crippen LogP contribution >= 0.6 is 0 Å². The van der Waals surface area contributed by atoms with Crippen LogP contribution in [0, 0.1) is 5.92 Å². The topological polar surface area (TPSA) is 65.0 Å². The molecule has 0 aliphatic carbocycles. The number of nitrogens with one attached hydrogen (secondary N) is 1. The van der Waals surface area contributed by atoms with Crippen LogP contribution < -0.4 is 10.1 Å². The molecule has 124 valence electrons. The minimum absolute atomic E-state index is 0.0478. The Labute approximate surface area is 132 Å². The normalized spacial score (nSPS) is 19.1. The average Bonchev–Trinajstić information content (AvgIpc) is 2.53. The molecule has 1 aliphatic heterocycles. The van der Waals surface area contributed by atoms with Gasteiger partial charge in [0.2, 0.25) is 0 Å². The molecule has 0 aromatic heterocycles. The summed E-state index contributed by atoms with van der Waals surface area (Å²) >= 11 is 0. The van der Waals surface area contributed by atoms with Gasteiger partial charge in [-0.15, -0.1) is 0 Å². The molecule has 2 atom stereocenters. The molecule has 1 aliphatic rings. The number of benzene rings is 1. The third-order valence-corrected chi connectivity index (χ3v) is 4.09. The highest BCUT2D eigenvalue weighted by atomic mass is 16.5. The number of hydrogen-bond acceptors (Lipinski definition) is 5. The molecule has 0 spiro atoms. The predicted octanol–water partition coefficient (Wildman–Crippen LogP) is 1.75. The van der Waals surface area contributed by atoms with Gasteiger partial charge in [0.05, 0.1) is 12.7 Å². The molecule has 1 fully saturated rings. The zero-order chi connectivity index (χ0) is 16.1. The van der Waals surface area contributed by atoms with Crippen LogP contribution in [0.5, 0.6) is 11.5 Å². The molecule has 2 unspecified atom stereocenters. The minimum atomic E-state index is -0.735. The fourth-order valence-electron chi connectivity index (χ4n) is 2.67. The number of nitrogens with zero attached hydrogens (tertiary/aromatic N) is 1. The van der Waals surface area contributed by atoms with Crippen molar-refractivity contribution < 1.29 is 14.9 Å². The van der Waals surface area contributed by atoms with E-state index in [-0.39, 0.29) is 11.8 Å². The Morgan fingerprint density at radius 1 is 1.23 bits per heavy atom. The average molecular weight is 308 g/mol. The fraction of sp³-hybridized carbons (Fsp3) is 0.647. The molecular formula is C17H28N2O3. The molecule has 0 saturated carbocycles. The van der Waals surface area contributed by atoms with Gasteiger partial charge in [-0.1, -0.05) is 13.8 Å². The molecule has 2 rings (SSSR count). The highest BCUT2D eigenvalue weighted by Crippen LogP contribution is 2.32. The van der Waals surface area contributed by atoms with Crippen molar-refractivity contribution in [1.29, 1.82) is 0 Å². The number of ether oxygens (including phenoxy) is 1. The van der Waals surface area contributed by atoms with E-state index in [1.807, 2.05) is 6.92 Å². The summed E-state index contributed by atoms with van der Waals surface area (Å²) in [7, 11) is 0. The van der Waals surface area contributed by atoms with Crippen molar-refractivity contribution in [2.75, 3.05) is 32.8 Å². The van der Waals surface area contributed by atoms with Gasteiger partial charge >= 0.3 is 0 Å². The maximum absolute atomic E-state index is 10.6. The molecule has 5 heteroatoms. The van der Waals surface area contributed by atoms with Crippen molar-refractivity contribution in [2.24, 2.45) is 5.92 Å². The number of phenolic OH excluding ortho intramolecular Hbond substituents is 1. The zero-order valence-electron chi connectivity index (χ0n) is 13.7. The summed E-state index contributed by atoms with van der Waals surface area (Å²) < 4.78 is 5.69. The van der Waals surface area contributed by atoms with Crippen LogP contribution in [0.25, 0.3) is 0 Å². The van der Waals surface area contributed by atoms with Gasteiger partial charge in [0.15, 0.2) is 0 Å². The van der Waals surface area contributed by atoms with Crippen LogP contribution in [0.3, 0.4) is 0 Å². The van der Waals surface area contributed by atoms with Gasteiger partial charge in [-0.3, -0.25) is 4.90 Å². The maximum Gasteiger partial charge on any atom is 0.121 e. The van der Waals surface area contributed by atoms with E-state index in [1.165, 1.54) is 0 Å². The second-order valence-electron chi connectivity index (χ2n) is 6.40. The van der Waals surface area contributed by atoms with E-state index < -0.39 is 6.10 Å². The number of aromatic hydroxyl groups is 1. The SMILES string of the molecule is CC(C)COc1ccc(O)c(C(O)C(C)N2CCNCC2)c1. The lowest BCUT2D eigenvalue weighted by Gasteiger charge is -2.35. The van der Waals surface area contributed by atoms with E-state index in [0.29, 0.717) is 23.8 Å². The molecule has 0 bridgehead atoms. The van der Waals surface area contributed by atoms with Gasteiger partial charge in [-0.2, -0.15) is 0 Å². The van der Waals surface area contributed by atoms with Crippen LogP contribution in [0.4, 0.5) is 0 Å². The van der Waals surface area contributed by atoms with E-state index in [2.05, 4.69) is 24.1 Å². The standard InChI is InChI=1S/C17H28N2O3/c1-12(2)11-22-14-4-5-16(20)15(10-14)17(21)13(3)19-8-6-18-7-9-19/h4-5,10,12-13,17-18,20-21H,6-9,11H2,1-3H3. The first kappa shape index (κ1) is 17.1. The molecule has 1 aromatic carbocycles. The van der Waals surface area contributed by atoms with E-state index in [4.69, 9.17) is 4.74 Å². The van der Waals surface area contributed by atoms with E-state index >= 15 is 0 Å². The number of piperazine rings is 1. The molecule has 1 aromatic rings. The van der Waals surface area contributed by atoms with Gasteiger partial charge in [0.25, 0.3) is 0 Å². The summed E-state index contributed by atoms with van der Waals surface area (Å²) in [6, 6.07) is 5.04. The second kappa shape index (κ2) is 7.81. The lowest BCUT2D eigenvalue weighted by molar-refractivity contribution is 0.0493. The molecule has 3 N–H and O–H groups in total. The summed E-state index contributed by atoms with van der Waals surface area (Å²) in [5, 5.41) is 24.0. The molecule has 0 amide bonds. The Kier molecular flexibility index (Phi) is 6.06. The van der Waals surface area contributed by atoms with Gasteiger partial charge in [-0.05, 0) is 31.0 Å². The first-order valence-electron chi connectivity index (χ1n) is 8.07. The minimum Gasteiger partial charge on any atom is -0.508 e. The molecule has 0 radical (unpaired) electrons. The summed E-state index contributed by atoms with van der Waals surface area (Å²) in [5.41, 5.74) is 0.535. The van der Waals surface area contributed by atoms with Crippen molar-refractivity contribution in [2.45, 2.75) is 32.9 Å². The Morgan fingerprint density at radius 3 is 2.55 bits per heavy atom. The van der Waals surface area contributed by atoms with Gasteiger partial charge < -0.3 is 20.3 Å². The van der Waals surface area contributed by atoms with Crippen molar-refractivity contribution in [3.63, 3.8) is 0 Å². The van der Waals surface area contributed by atoms with E-state index in [1.54, 1.807) is 18.2 Å². The molecule has 1 heterocycles. The monoisotopic (exact) mass is 308 g/mol. The van der Waals surface area contributed by atoms with E-state index in [0.717, 1.165) is 26.2 Å². The second-order valence-corrected chi connectivity index (χ2v) is 6.40. The Balaban J connectivity index is 2.09. The quantitative estimate of drug-likeness (QED) is 0.747. The highest BCUT2D eigenvalue weighted by Gasteiger charge is 2.26. The number of phenols is 1. The van der Waals surface area contributed by atoms with Crippen molar-refractivity contribution in [3.8, 4) is 11.5 Å². The van der Waals surface area contributed by atoms with Crippen LogP contribution in [0.1, 0.15) is 32.4 Å². The molecule has 1 saturated heterocycles. The van der Waals surface area contributed by atoms with E-state index in [9.17, 15) is 10.2 Å². The van der Waals surface area contributed by atoms with Crippen molar-refractivity contribution in [1.82, 2.24) is 10.2 Å². The smallest absolute Gasteiger partial charge is 0.121 e. The zero-order valence-corrected chi connectivity index (χ0v) is 13.7. The first-order valence-corrected chi connectivity index (χ1v) is 8.07. The van der Waals surface area contributed by atoms with Gasteiger partial charge in [-0.25, -0.2) is 0 Å². The first-order chi connectivity index (χ1) is 10.5. The lowest BCUT2D eigenvalue weighted by atomic mass is 10.0. The number of hydrogen-bond donors (Lipinski definition) is 3. The maximum atomic E-state index is 10.6. The third-order valence-electron chi connectivity index (χ3n) is 4.09. The third kappa shape index (κ3) is 4.35. The number of aliphatic hydroxyl groups is 1. The van der Waals surface area contributed by atoms with Crippen LogP contribution in [0.2, 0.25) is 0 Å². The van der Waals surface area contributed by atoms with Crippen molar-refractivity contribution in [3.05, 3.63) is 23.8 Å². The summed E-state index contributed by atoms with van der Waals surface area (Å²) in [5.74, 6) is 1.24. The number of aliphatic hydroxyl groups excluding tert-OH is 1. The highest BCUT2D eigenvalue weighted by molar-refractivity contribution is 5.41. The summed E-state index contributed by atoms with van der Waals surface area (Å²) in [6.07, 6.45) is -0.735. The Hall–Kier alpha value is -1.30.